The number of thiophene rings is 1. The first-order valence-corrected chi connectivity index (χ1v) is 7.95. The second-order valence-corrected chi connectivity index (χ2v) is 6.25. The average molecular weight is 324 g/mol. The molecule has 2 aliphatic heterocycles. The monoisotopic (exact) mass is 324 g/mol. The number of carboxylic acids is 1. The number of amides is 2. The number of ether oxygens (including phenoxy) is 1. The Morgan fingerprint density at radius 3 is 2.77 bits per heavy atom. The molecule has 0 aromatic carbocycles. The molecule has 3 rings (SSSR count). The van der Waals surface area contributed by atoms with Crippen molar-refractivity contribution >= 4 is 29.1 Å². The Balaban J connectivity index is 1.78. The maximum atomic E-state index is 12.7. The highest BCUT2D eigenvalue weighted by atomic mass is 32.1. The van der Waals surface area contributed by atoms with Crippen molar-refractivity contribution in [1.82, 2.24) is 10.2 Å². The summed E-state index contributed by atoms with van der Waals surface area (Å²) >= 11 is 1.41. The van der Waals surface area contributed by atoms with Gasteiger partial charge in [0.2, 0.25) is 5.91 Å². The van der Waals surface area contributed by atoms with Crippen LogP contribution in [0.5, 0.6) is 0 Å². The SMILES string of the molecule is O=C1NCCN(C(=O)[C@@H]2CC[C@H](C(=O)O)O2)C1c1cccs1. The Morgan fingerprint density at radius 1 is 1.36 bits per heavy atom. The quantitative estimate of drug-likeness (QED) is 0.838. The number of carbonyl (C=O) groups excluding carboxylic acids is 2. The topological polar surface area (TPSA) is 95.9 Å². The van der Waals surface area contributed by atoms with Crippen LogP contribution in [-0.2, 0) is 19.1 Å². The Morgan fingerprint density at radius 2 is 2.14 bits per heavy atom. The first kappa shape index (κ1) is 15.0. The first-order valence-electron chi connectivity index (χ1n) is 7.08. The van der Waals surface area contributed by atoms with E-state index >= 15 is 0 Å². The highest BCUT2D eigenvalue weighted by Gasteiger charge is 2.42. The maximum absolute atomic E-state index is 12.7. The van der Waals surface area contributed by atoms with Crippen LogP contribution < -0.4 is 5.32 Å². The van der Waals surface area contributed by atoms with Crippen LogP contribution in [0.15, 0.2) is 17.5 Å². The van der Waals surface area contributed by atoms with E-state index in [1.54, 1.807) is 0 Å². The summed E-state index contributed by atoms with van der Waals surface area (Å²) in [5.74, 6) is -1.58. The fourth-order valence-electron chi connectivity index (χ4n) is 2.82. The normalized spacial score (nSPS) is 28.5. The zero-order chi connectivity index (χ0) is 15.7. The molecule has 0 bridgehead atoms. The Kier molecular flexibility index (Phi) is 4.12. The second-order valence-electron chi connectivity index (χ2n) is 5.27. The van der Waals surface area contributed by atoms with E-state index in [1.807, 2.05) is 17.5 Å². The van der Waals surface area contributed by atoms with Gasteiger partial charge in [0.1, 0.15) is 12.1 Å². The van der Waals surface area contributed by atoms with Gasteiger partial charge in [0.15, 0.2) is 6.10 Å². The zero-order valence-electron chi connectivity index (χ0n) is 11.7. The molecule has 0 aliphatic carbocycles. The van der Waals surface area contributed by atoms with Crippen molar-refractivity contribution in [2.24, 2.45) is 0 Å². The van der Waals surface area contributed by atoms with E-state index in [0.717, 1.165) is 4.88 Å². The molecule has 0 radical (unpaired) electrons. The summed E-state index contributed by atoms with van der Waals surface area (Å²) in [5, 5.41) is 13.6. The van der Waals surface area contributed by atoms with Crippen LogP contribution in [0.25, 0.3) is 0 Å². The van der Waals surface area contributed by atoms with E-state index in [0.29, 0.717) is 25.9 Å². The summed E-state index contributed by atoms with van der Waals surface area (Å²) in [5.41, 5.74) is 0. The molecule has 3 atom stereocenters. The van der Waals surface area contributed by atoms with E-state index in [-0.39, 0.29) is 11.8 Å². The molecule has 1 unspecified atom stereocenters. The van der Waals surface area contributed by atoms with Crippen LogP contribution in [0, 0.1) is 0 Å². The molecule has 0 saturated carbocycles. The van der Waals surface area contributed by atoms with Gasteiger partial charge in [-0.3, -0.25) is 9.59 Å². The van der Waals surface area contributed by atoms with Crippen LogP contribution in [0.1, 0.15) is 23.8 Å². The van der Waals surface area contributed by atoms with Gasteiger partial charge in [-0.25, -0.2) is 4.79 Å². The highest BCUT2D eigenvalue weighted by Crippen LogP contribution is 2.30. The van der Waals surface area contributed by atoms with Gasteiger partial charge in [0.05, 0.1) is 0 Å². The molecule has 2 amide bonds. The number of nitrogens with one attached hydrogen (secondary N) is 1. The van der Waals surface area contributed by atoms with Gasteiger partial charge in [-0.2, -0.15) is 0 Å². The van der Waals surface area contributed by atoms with Crippen molar-refractivity contribution in [2.45, 2.75) is 31.1 Å². The molecule has 22 heavy (non-hydrogen) atoms. The van der Waals surface area contributed by atoms with Crippen LogP contribution in [0.2, 0.25) is 0 Å². The van der Waals surface area contributed by atoms with Gasteiger partial charge >= 0.3 is 5.97 Å². The van der Waals surface area contributed by atoms with Gasteiger partial charge in [0, 0.05) is 18.0 Å². The van der Waals surface area contributed by atoms with Crippen molar-refractivity contribution in [3.8, 4) is 0 Å². The Hall–Kier alpha value is -1.93. The van der Waals surface area contributed by atoms with Crippen molar-refractivity contribution in [3.63, 3.8) is 0 Å². The van der Waals surface area contributed by atoms with E-state index < -0.39 is 24.2 Å². The highest BCUT2D eigenvalue weighted by molar-refractivity contribution is 7.10. The van der Waals surface area contributed by atoms with Crippen LogP contribution in [-0.4, -0.2) is 53.1 Å². The van der Waals surface area contributed by atoms with Gasteiger partial charge in [-0.05, 0) is 24.3 Å². The molecular weight excluding hydrogens is 308 g/mol. The molecule has 3 heterocycles. The zero-order valence-corrected chi connectivity index (χ0v) is 12.5. The average Bonchev–Trinajstić information content (AvgIpc) is 3.17. The van der Waals surface area contributed by atoms with Crippen molar-refractivity contribution in [2.75, 3.05) is 13.1 Å². The Bertz CT molecular complexity index is 588. The molecular formula is C14H16N2O5S. The van der Waals surface area contributed by atoms with Crippen LogP contribution >= 0.6 is 11.3 Å². The van der Waals surface area contributed by atoms with E-state index in [1.165, 1.54) is 16.2 Å². The Labute approximate surface area is 130 Å². The van der Waals surface area contributed by atoms with Gasteiger partial charge in [0.25, 0.3) is 5.91 Å². The molecule has 2 N–H and O–H groups in total. The third-order valence-electron chi connectivity index (χ3n) is 3.88. The van der Waals surface area contributed by atoms with Gasteiger partial charge < -0.3 is 20.1 Å². The van der Waals surface area contributed by atoms with E-state index in [9.17, 15) is 14.4 Å². The van der Waals surface area contributed by atoms with Crippen molar-refractivity contribution in [3.05, 3.63) is 22.4 Å². The molecule has 118 valence electrons. The minimum Gasteiger partial charge on any atom is -0.479 e. The lowest BCUT2D eigenvalue weighted by molar-refractivity contribution is -0.158. The molecule has 8 heteroatoms. The lowest BCUT2D eigenvalue weighted by Crippen LogP contribution is -2.54. The molecule has 2 fully saturated rings. The predicted octanol–water partition coefficient (Wildman–Crippen LogP) is 0.380. The van der Waals surface area contributed by atoms with Gasteiger partial charge in [-0.1, -0.05) is 6.07 Å². The first-order chi connectivity index (χ1) is 10.6. The van der Waals surface area contributed by atoms with Gasteiger partial charge in [-0.15, -0.1) is 11.3 Å². The fourth-order valence-corrected chi connectivity index (χ4v) is 3.65. The molecule has 7 nitrogen and oxygen atoms in total. The van der Waals surface area contributed by atoms with E-state index in [2.05, 4.69) is 5.32 Å². The number of aliphatic carboxylic acids is 1. The predicted molar refractivity (Wildman–Crippen MR) is 77.3 cm³/mol. The molecule has 1 aromatic rings. The number of carbonyl (C=O) groups is 3. The van der Waals surface area contributed by atoms with Crippen LogP contribution in [0.4, 0.5) is 0 Å². The standard InChI is InChI=1S/C14H16N2O5S/c17-12-11(10-2-1-7-22-10)16(6-5-15-12)13(18)8-3-4-9(21-8)14(19)20/h1-2,7-9,11H,3-6H2,(H,15,17)(H,19,20)/t8-,9+,11?/m0/s1. The summed E-state index contributed by atoms with van der Waals surface area (Å²) in [6, 6.07) is 2.99. The van der Waals surface area contributed by atoms with E-state index in [4.69, 9.17) is 9.84 Å². The largest absolute Gasteiger partial charge is 0.479 e. The third kappa shape index (κ3) is 2.71. The third-order valence-corrected chi connectivity index (χ3v) is 4.80. The molecule has 2 saturated heterocycles. The summed E-state index contributed by atoms with van der Waals surface area (Å²) in [4.78, 5) is 38.0. The lowest BCUT2D eigenvalue weighted by atomic mass is 10.1. The van der Waals surface area contributed by atoms with Crippen molar-refractivity contribution in [1.29, 1.82) is 0 Å². The fraction of sp³-hybridized carbons (Fsp3) is 0.500. The summed E-state index contributed by atoms with van der Waals surface area (Å²) in [6.07, 6.45) is -1.04. The maximum Gasteiger partial charge on any atom is 0.332 e. The number of nitrogens with zero attached hydrogens (tertiary/aromatic N) is 1. The lowest BCUT2D eigenvalue weighted by Gasteiger charge is -2.35. The van der Waals surface area contributed by atoms with Crippen molar-refractivity contribution < 1.29 is 24.2 Å². The smallest absolute Gasteiger partial charge is 0.332 e. The van der Waals surface area contributed by atoms with Crippen LogP contribution in [0.3, 0.4) is 0 Å². The number of carboxylic acid groups (broad SMARTS) is 1. The summed E-state index contributed by atoms with van der Waals surface area (Å²) in [6.45, 7) is 0.784. The molecule has 2 aliphatic rings. The number of rotatable bonds is 3. The second kappa shape index (κ2) is 6.05. The summed E-state index contributed by atoms with van der Waals surface area (Å²) < 4.78 is 5.32. The number of piperazine rings is 1. The molecule has 0 spiro atoms. The summed E-state index contributed by atoms with van der Waals surface area (Å²) in [7, 11) is 0. The minimum absolute atomic E-state index is 0.213. The minimum atomic E-state index is -1.05. The number of hydrogen-bond acceptors (Lipinski definition) is 5. The number of hydrogen-bond donors (Lipinski definition) is 2. The molecule has 1 aromatic heterocycles.